The lowest BCUT2D eigenvalue weighted by atomic mass is 10.1. The highest BCUT2D eigenvalue weighted by Crippen LogP contribution is 2.24. The predicted molar refractivity (Wildman–Crippen MR) is 88.4 cm³/mol. The third-order valence-corrected chi connectivity index (χ3v) is 3.80. The van der Waals surface area contributed by atoms with Crippen LogP contribution in [0.1, 0.15) is 31.9 Å². The van der Waals surface area contributed by atoms with Gasteiger partial charge in [-0.25, -0.2) is 4.39 Å². The summed E-state index contributed by atoms with van der Waals surface area (Å²) in [6.45, 7) is 4.85. The Kier molecular flexibility index (Phi) is 5.62. The minimum Gasteiger partial charge on any atom is -0.494 e. The fourth-order valence-corrected chi connectivity index (χ4v) is 2.24. The maximum absolute atomic E-state index is 13.5. The molecule has 1 unspecified atom stereocenters. The van der Waals surface area contributed by atoms with Gasteiger partial charge in [0, 0.05) is 11.7 Å². The molecule has 112 valence electrons. The molecule has 2 aromatic carbocycles. The lowest BCUT2D eigenvalue weighted by Crippen LogP contribution is -2.06. The molecule has 0 radical (unpaired) electrons. The summed E-state index contributed by atoms with van der Waals surface area (Å²) in [5.41, 5.74) is 1.89. The quantitative estimate of drug-likeness (QED) is 0.736. The molecule has 0 fully saturated rings. The molecule has 0 aliphatic carbocycles. The molecule has 0 aliphatic rings. The topological polar surface area (TPSA) is 21.3 Å². The van der Waals surface area contributed by atoms with Crippen molar-refractivity contribution in [2.75, 3.05) is 11.9 Å². The summed E-state index contributed by atoms with van der Waals surface area (Å²) in [5, 5.41) is 3.29. The van der Waals surface area contributed by atoms with Crippen LogP contribution in [-0.2, 0) is 0 Å². The highest BCUT2D eigenvalue weighted by atomic mass is 79.9. The molecule has 2 nitrogen and oxygen atoms in total. The van der Waals surface area contributed by atoms with Gasteiger partial charge in [0.2, 0.25) is 0 Å². The second-order valence-corrected chi connectivity index (χ2v) is 5.77. The standard InChI is InChI=1S/C17H19BrFNO/c1-3-10-21-15-7-4-13(5-8-15)12(2)20-14-6-9-16(18)17(19)11-14/h4-9,11-12,20H,3,10H2,1-2H3. The SMILES string of the molecule is CCCOc1ccc(C(C)Nc2ccc(Br)c(F)c2)cc1. The Morgan fingerprint density at radius 2 is 1.90 bits per heavy atom. The zero-order valence-electron chi connectivity index (χ0n) is 12.2. The van der Waals surface area contributed by atoms with Crippen molar-refractivity contribution in [3.63, 3.8) is 0 Å². The van der Waals surface area contributed by atoms with E-state index in [1.165, 1.54) is 6.07 Å². The van der Waals surface area contributed by atoms with Gasteiger partial charge in [-0.05, 0) is 65.2 Å². The smallest absolute Gasteiger partial charge is 0.139 e. The molecule has 0 heterocycles. The minimum atomic E-state index is -0.268. The van der Waals surface area contributed by atoms with Gasteiger partial charge in [0.25, 0.3) is 0 Å². The van der Waals surface area contributed by atoms with E-state index in [1.54, 1.807) is 6.07 Å². The number of halogens is 2. The van der Waals surface area contributed by atoms with Crippen LogP contribution in [-0.4, -0.2) is 6.61 Å². The number of hydrogen-bond donors (Lipinski definition) is 1. The van der Waals surface area contributed by atoms with Gasteiger partial charge in [-0.2, -0.15) is 0 Å². The number of rotatable bonds is 6. The van der Waals surface area contributed by atoms with Crippen LogP contribution in [0.2, 0.25) is 0 Å². The molecular weight excluding hydrogens is 333 g/mol. The second kappa shape index (κ2) is 7.46. The van der Waals surface area contributed by atoms with Gasteiger partial charge in [-0.3, -0.25) is 0 Å². The molecule has 0 bridgehead atoms. The van der Waals surface area contributed by atoms with Crippen molar-refractivity contribution in [3.05, 3.63) is 58.3 Å². The van der Waals surface area contributed by atoms with E-state index in [9.17, 15) is 4.39 Å². The fraction of sp³-hybridized carbons (Fsp3) is 0.294. The van der Waals surface area contributed by atoms with Crippen LogP contribution in [0.15, 0.2) is 46.9 Å². The first-order valence-corrected chi connectivity index (χ1v) is 7.83. The van der Waals surface area contributed by atoms with Gasteiger partial charge in [0.1, 0.15) is 11.6 Å². The molecule has 1 atom stereocenters. The number of anilines is 1. The summed E-state index contributed by atoms with van der Waals surface area (Å²) in [7, 11) is 0. The molecule has 1 N–H and O–H groups in total. The average molecular weight is 352 g/mol. The van der Waals surface area contributed by atoms with Crippen LogP contribution in [0, 0.1) is 5.82 Å². The minimum absolute atomic E-state index is 0.0887. The Balaban J connectivity index is 2.02. The van der Waals surface area contributed by atoms with Gasteiger partial charge in [-0.15, -0.1) is 0 Å². The van der Waals surface area contributed by atoms with Gasteiger partial charge in [0.05, 0.1) is 11.1 Å². The van der Waals surface area contributed by atoms with E-state index in [0.29, 0.717) is 4.47 Å². The Morgan fingerprint density at radius 1 is 1.19 bits per heavy atom. The van der Waals surface area contributed by atoms with Gasteiger partial charge in [0.15, 0.2) is 0 Å². The van der Waals surface area contributed by atoms with Crippen molar-refractivity contribution in [2.24, 2.45) is 0 Å². The van der Waals surface area contributed by atoms with Gasteiger partial charge >= 0.3 is 0 Å². The van der Waals surface area contributed by atoms with Crippen LogP contribution >= 0.6 is 15.9 Å². The summed E-state index contributed by atoms with van der Waals surface area (Å²) >= 11 is 3.15. The van der Waals surface area contributed by atoms with E-state index < -0.39 is 0 Å². The van der Waals surface area contributed by atoms with Crippen LogP contribution in [0.25, 0.3) is 0 Å². The van der Waals surface area contributed by atoms with Crippen LogP contribution in [0.4, 0.5) is 10.1 Å². The van der Waals surface area contributed by atoms with E-state index in [2.05, 4.69) is 28.2 Å². The molecule has 0 aliphatic heterocycles. The first kappa shape index (κ1) is 15.8. The number of benzene rings is 2. The molecule has 4 heteroatoms. The monoisotopic (exact) mass is 351 g/mol. The molecule has 0 amide bonds. The van der Waals surface area contributed by atoms with Crippen molar-refractivity contribution < 1.29 is 9.13 Å². The van der Waals surface area contributed by atoms with Crippen LogP contribution in [0.3, 0.4) is 0 Å². The lowest BCUT2D eigenvalue weighted by molar-refractivity contribution is 0.317. The Morgan fingerprint density at radius 3 is 2.52 bits per heavy atom. The summed E-state index contributed by atoms with van der Waals surface area (Å²) in [5.74, 6) is 0.609. The molecule has 0 saturated heterocycles. The van der Waals surface area contributed by atoms with Gasteiger partial charge < -0.3 is 10.1 Å². The first-order valence-electron chi connectivity index (χ1n) is 7.04. The molecule has 2 rings (SSSR count). The van der Waals surface area contributed by atoms with Crippen molar-refractivity contribution >= 4 is 21.6 Å². The number of hydrogen-bond acceptors (Lipinski definition) is 2. The maximum atomic E-state index is 13.5. The largest absolute Gasteiger partial charge is 0.494 e. The Bertz CT molecular complexity index is 586. The van der Waals surface area contributed by atoms with E-state index >= 15 is 0 Å². The van der Waals surface area contributed by atoms with Crippen LogP contribution in [0.5, 0.6) is 5.75 Å². The zero-order chi connectivity index (χ0) is 15.2. The molecule has 0 saturated carbocycles. The normalized spacial score (nSPS) is 12.0. The molecular formula is C17H19BrFNO. The highest BCUT2D eigenvalue weighted by molar-refractivity contribution is 9.10. The average Bonchev–Trinajstić information content (AvgIpc) is 2.49. The summed E-state index contributed by atoms with van der Waals surface area (Å²) in [4.78, 5) is 0. The number of ether oxygens (including phenoxy) is 1. The highest BCUT2D eigenvalue weighted by Gasteiger charge is 2.07. The van der Waals surface area contributed by atoms with Crippen molar-refractivity contribution in [1.82, 2.24) is 0 Å². The lowest BCUT2D eigenvalue weighted by Gasteiger charge is -2.16. The molecule has 0 aromatic heterocycles. The number of nitrogens with one attached hydrogen (secondary N) is 1. The summed E-state index contributed by atoms with van der Waals surface area (Å²) in [6, 6.07) is 13.1. The Hall–Kier alpha value is -1.55. The fourth-order valence-electron chi connectivity index (χ4n) is 1.99. The maximum Gasteiger partial charge on any atom is 0.139 e. The third-order valence-electron chi connectivity index (χ3n) is 3.16. The van der Waals surface area contributed by atoms with E-state index in [-0.39, 0.29) is 11.9 Å². The molecule has 21 heavy (non-hydrogen) atoms. The second-order valence-electron chi connectivity index (χ2n) is 4.91. The van der Waals surface area contributed by atoms with E-state index in [4.69, 9.17) is 4.74 Å². The molecule has 0 spiro atoms. The van der Waals surface area contributed by atoms with E-state index in [1.807, 2.05) is 37.3 Å². The van der Waals surface area contributed by atoms with Crippen molar-refractivity contribution in [1.29, 1.82) is 0 Å². The summed E-state index contributed by atoms with van der Waals surface area (Å²) in [6.07, 6.45) is 0.995. The van der Waals surface area contributed by atoms with Crippen molar-refractivity contribution in [3.8, 4) is 5.75 Å². The third kappa shape index (κ3) is 4.46. The first-order chi connectivity index (χ1) is 10.1. The van der Waals surface area contributed by atoms with E-state index in [0.717, 1.165) is 30.0 Å². The summed E-state index contributed by atoms with van der Waals surface area (Å²) < 4.78 is 19.5. The van der Waals surface area contributed by atoms with Crippen LogP contribution < -0.4 is 10.1 Å². The van der Waals surface area contributed by atoms with Crippen molar-refractivity contribution in [2.45, 2.75) is 26.3 Å². The zero-order valence-corrected chi connectivity index (χ0v) is 13.8. The Labute approximate surface area is 133 Å². The molecule has 2 aromatic rings. The van der Waals surface area contributed by atoms with Gasteiger partial charge in [-0.1, -0.05) is 19.1 Å². The predicted octanol–water partition coefficient (Wildman–Crippen LogP) is 5.55.